The van der Waals surface area contributed by atoms with Crippen molar-refractivity contribution < 1.29 is 0 Å². The molecule has 0 aliphatic carbocycles. The SMILES string of the molecule is O=c1[nH]cnc2ccc3ncccc3c12. The average molecular weight is 197 g/mol. The molecule has 0 aliphatic heterocycles. The third-order valence-corrected chi connectivity index (χ3v) is 2.39. The summed E-state index contributed by atoms with van der Waals surface area (Å²) >= 11 is 0. The Morgan fingerprint density at radius 3 is 2.87 bits per heavy atom. The number of pyridine rings is 1. The summed E-state index contributed by atoms with van der Waals surface area (Å²) in [5, 5.41) is 1.44. The lowest BCUT2D eigenvalue weighted by Gasteiger charge is -1.99. The standard InChI is InChI=1S/C11H7N3O/c15-11-10-7-2-1-5-12-8(7)3-4-9(10)13-6-14-11/h1-6H,(H,13,14,15). The molecule has 1 aromatic carbocycles. The van der Waals surface area contributed by atoms with E-state index in [2.05, 4.69) is 15.0 Å². The molecule has 4 nitrogen and oxygen atoms in total. The number of hydrogen-bond acceptors (Lipinski definition) is 3. The zero-order valence-electron chi connectivity index (χ0n) is 7.77. The molecule has 1 N–H and O–H groups in total. The van der Waals surface area contributed by atoms with E-state index in [4.69, 9.17) is 0 Å². The van der Waals surface area contributed by atoms with E-state index in [1.165, 1.54) is 6.33 Å². The summed E-state index contributed by atoms with van der Waals surface area (Å²) in [5.41, 5.74) is 1.38. The largest absolute Gasteiger partial charge is 0.313 e. The lowest BCUT2D eigenvalue weighted by Crippen LogP contribution is -2.06. The smallest absolute Gasteiger partial charge is 0.259 e. The van der Waals surface area contributed by atoms with Crippen LogP contribution in [0.1, 0.15) is 0 Å². The number of H-pyrrole nitrogens is 1. The highest BCUT2D eigenvalue weighted by atomic mass is 16.1. The number of aromatic nitrogens is 3. The van der Waals surface area contributed by atoms with E-state index in [0.29, 0.717) is 10.9 Å². The van der Waals surface area contributed by atoms with Crippen molar-refractivity contribution in [3.63, 3.8) is 0 Å². The van der Waals surface area contributed by atoms with E-state index in [-0.39, 0.29) is 5.56 Å². The van der Waals surface area contributed by atoms with E-state index in [0.717, 1.165) is 10.9 Å². The molecule has 0 amide bonds. The van der Waals surface area contributed by atoms with E-state index in [9.17, 15) is 4.79 Å². The Bertz CT molecular complexity index is 703. The summed E-state index contributed by atoms with van der Waals surface area (Å²) in [4.78, 5) is 22.5. The van der Waals surface area contributed by atoms with Crippen LogP contribution in [-0.4, -0.2) is 15.0 Å². The monoisotopic (exact) mass is 197 g/mol. The van der Waals surface area contributed by atoms with Crippen molar-refractivity contribution in [1.29, 1.82) is 0 Å². The first-order chi connectivity index (χ1) is 7.36. The minimum Gasteiger partial charge on any atom is -0.313 e. The molecule has 0 bridgehead atoms. The maximum atomic E-state index is 11.7. The van der Waals surface area contributed by atoms with E-state index >= 15 is 0 Å². The molecule has 4 heteroatoms. The van der Waals surface area contributed by atoms with Crippen LogP contribution < -0.4 is 5.56 Å². The van der Waals surface area contributed by atoms with E-state index < -0.39 is 0 Å². The van der Waals surface area contributed by atoms with Crippen LogP contribution in [0.5, 0.6) is 0 Å². The summed E-state index contributed by atoms with van der Waals surface area (Å²) in [6, 6.07) is 7.36. The summed E-state index contributed by atoms with van der Waals surface area (Å²) < 4.78 is 0. The van der Waals surface area contributed by atoms with Gasteiger partial charge >= 0.3 is 0 Å². The van der Waals surface area contributed by atoms with Crippen LogP contribution in [0.4, 0.5) is 0 Å². The van der Waals surface area contributed by atoms with Crippen molar-refractivity contribution in [1.82, 2.24) is 15.0 Å². The number of nitrogens with zero attached hydrogens (tertiary/aromatic N) is 2. The second-order valence-corrected chi connectivity index (χ2v) is 3.26. The van der Waals surface area contributed by atoms with E-state index in [1.54, 1.807) is 12.3 Å². The number of rotatable bonds is 0. The van der Waals surface area contributed by atoms with Crippen LogP contribution in [0.25, 0.3) is 21.8 Å². The number of fused-ring (bicyclic) bond motifs is 3. The quantitative estimate of drug-likeness (QED) is 0.555. The third-order valence-electron chi connectivity index (χ3n) is 2.39. The lowest BCUT2D eigenvalue weighted by molar-refractivity contribution is 1.17. The van der Waals surface area contributed by atoms with E-state index in [1.807, 2.05) is 18.2 Å². The van der Waals surface area contributed by atoms with Gasteiger partial charge in [-0.2, -0.15) is 0 Å². The Kier molecular flexibility index (Phi) is 1.56. The molecule has 0 spiro atoms. The highest BCUT2D eigenvalue weighted by Gasteiger charge is 2.04. The van der Waals surface area contributed by atoms with Gasteiger partial charge in [0, 0.05) is 11.6 Å². The van der Waals surface area contributed by atoms with Crippen molar-refractivity contribution in [3.8, 4) is 0 Å². The van der Waals surface area contributed by atoms with Gasteiger partial charge in [-0.05, 0) is 18.2 Å². The molecule has 3 aromatic rings. The molecule has 2 heterocycles. The third kappa shape index (κ3) is 1.11. The molecule has 2 aromatic heterocycles. The van der Waals surface area contributed by atoms with Gasteiger partial charge < -0.3 is 4.98 Å². The highest BCUT2D eigenvalue weighted by Crippen LogP contribution is 2.18. The minimum absolute atomic E-state index is 0.126. The van der Waals surface area contributed by atoms with Gasteiger partial charge in [0.15, 0.2) is 0 Å². The normalized spacial score (nSPS) is 10.9. The van der Waals surface area contributed by atoms with Gasteiger partial charge in [0.25, 0.3) is 5.56 Å². The zero-order valence-corrected chi connectivity index (χ0v) is 7.77. The van der Waals surface area contributed by atoms with Crippen molar-refractivity contribution in [2.75, 3.05) is 0 Å². The average Bonchev–Trinajstić information content (AvgIpc) is 2.29. The van der Waals surface area contributed by atoms with Crippen LogP contribution in [0.15, 0.2) is 41.6 Å². The van der Waals surface area contributed by atoms with Gasteiger partial charge in [0.2, 0.25) is 0 Å². The molecule has 0 saturated heterocycles. The maximum Gasteiger partial charge on any atom is 0.259 e. The second kappa shape index (κ2) is 2.88. The number of nitrogens with one attached hydrogen (secondary N) is 1. The van der Waals surface area contributed by atoms with Crippen LogP contribution in [0.2, 0.25) is 0 Å². The van der Waals surface area contributed by atoms with Gasteiger partial charge in [-0.1, -0.05) is 6.07 Å². The summed E-state index contributed by atoms with van der Waals surface area (Å²) in [7, 11) is 0. The van der Waals surface area contributed by atoms with Gasteiger partial charge in [-0.25, -0.2) is 4.98 Å². The van der Waals surface area contributed by atoms with Crippen molar-refractivity contribution in [3.05, 3.63) is 47.1 Å². The molecule has 0 fully saturated rings. The molecule has 0 aliphatic rings. The number of aromatic amines is 1. The fourth-order valence-corrected chi connectivity index (χ4v) is 1.72. The Morgan fingerprint density at radius 2 is 1.93 bits per heavy atom. The van der Waals surface area contributed by atoms with Crippen LogP contribution in [0, 0.1) is 0 Å². The second-order valence-electron chi connectivity index (χ2n) is 3.26. The van der Waals surface area contributed by atoms with Gasteiger partial charge in [0.05, 0.1) is 22.7 Å². The summed E-state index contributed by atoms with van der Waals surface area (Å²) in [6.45, 7) is 0. The topological polar surface area (TPSA) is 58.6 Å². The number of hydrogen-bond donors (Lipinski definition) is 1. The molecule has 0 atom stereocenters. The molecule has 0 unspecified atom stereocenters. The van der Waals surface area contributed by atoms with Crippen LogP contribution in [0.3, 0.4) is 0 Å². The van der Waals surface area contributed by atoms with Crippen molar-refractivity contribution in [2.45, 2.75) is 0 Å². The first-order valence-electron chi connectivity index (χ1n) is 4.57. The van der Waals surface area contributed by atoms with Crippen molar-refractivity contribution in [2.24, 2.45) is 0 Å². The maximum absolute atomic E-state index is 11.7. The Morgan fingerprint density at radius 1 is 1.07 bits per heavy atom. The fourth-order valence-electron chi connectivity index (χ4n) is 1.72. The summed E-state index contributed by atoms with van der Waals surface area (Å²) in [5.74, 6) is 0. The van der Waals surface area contributed by atoms with Crippen molar-refractivity contribution >= 4 is 21.8 Å². The van der Waals surface area contributed by atoms with Gasteiger partial charge in [-0.3, -0.25) is 9.78 Å². The highest BCUT2D eigenvalue weighted by molar-refractivity contribution is 6.03. The Balaban J connectivity index is 2.70. The first-order valence-corrected chi connectivity index (χ1v) is 4.57. The Labute approximate surface area is 84.6 Å². The fraction of sp³-hybridized carbons (Fsp3) is 0. The molecule has 3 rings (SSSR count). The zero-order chi connectivity index (χ0) is 10.3. The molecular formula is C11H7N3O. The predicted molar refractivity (Wildman–Crippen MR) is 57.7 cm³/mol. The van der Waals surface area contributed by atoms with Crippen LogP contribution in [-0.2, 0) is 0 Å². The van der Waals surface area contributed by atoms with Gasteiger partial charge in [-0.15, -0.1) is 0 Å². The molecule has 72 valence electrons. The number of benzene rings is 1. The molecule has 0 saturated carbocycles. The predicted octanol–water partition coefficient (Wildman–Crippen LogP) is 1.47. The molecule has 15 heavy (non-hydrogen) atoms. The van der Waals surface area contributed by atoms with Gasteiger partial charge in [0.1, 0.15) is 0 Å². The van der Waals surface area contributed by atoms with Crippen LogP contribution >= 0.6 is 0 Å². The molecular weight excluding hydrogens is 190 g/mol. The minimum atomic E-state index is -0.126. The summed E-state index contributed by atoms with van der Waals surface area (Å²) in [6.07, 6.45) is 3.12. The first kappa shape index (κ1) is 8.11. The lowest BCUT2D eigenvalue weighted by atomic mass is 10.1. The molecule has 0 radical (unpaired) electrons. The Hall–Kier alpha value is -2.23.